The predicted molar refractivity (Wildman–Crippen MR) is 46.7 cm³/mol. The Morgan fingerprint density at radius 2 is 2.27 bits per heavy atom. The van der Waals surface area contributed by atoms with Gasteiger partial charge in [-0.05, 0) is 25.8 Å². The highest BCUT2D eigenvalue weighted by Gasteiger charge is 2.19. The first-order valence-electron chi connectivity index (χ1n) is 4.56. The summed E-state index contributed by atoms with van der Waals surface area (Å²) < 4.78 is 5.11. The molecule has 0 bridgehead atoms. The van der Waals surface area contributed by atoms with Gasteiger partial charge in [0.2, 0.25) is 0 Å². The van der Waals surface area contributed by atoms with E-state index in [0.717, 1.165) is 12.5 Å². The minimum atomic E-state index is 0.356. The lowest BCUT2D eigenvalue weighted by Gasteiger charge is -2.09. The molecule has 1 fully saturated rings. The van der Waals surface area contributed by atoms with Crippen molar-refractivity contribution in [3.05, 3.63) is 0 Å². The quantitative estimate of drug-likeness (QED) is 0.589. The van der Waals surface area contributed by atoms with Crippen molar-refractivity contribution in [2.24, 2.45) is 5.92 Å². The predicted octanol–water partition coefficient (Wildman–Crippen LogP) is 1.41. The zero-order valence-corrected chi connectivity index (χ0v) is 7.60. The first-order chi connectivity index (χ1) is 5.33. The van der Waals surface area contributed by atoms with Gasteiger partial charge < -0.3 is 10.1 Å². The molecule has 11 heavy (non-hydrogen) atoms. The van der Waals surface area contributed by atoms with Gasteiger partial charge >= 0.3 is 0 Å². The van der Waals surface area contributed by atoms with Crippen LogP contribution in [-0.2, 0) is 4.74 Å². The highest BCUT2D eigenvalue weighted by Crippen LogP contribution is 2.31. The van der Waals surface area contributed by atoms with Crippen LogP contribution in [-0.4, -0.2) is 26.3 Å². The van der Waals surface area contributed by atoms with Crippen LogP contribution in [0.5, 0.6) is 0 Å². The summed E-state index contributed by atoms with van der Waals surface area (Å²) in [5, 5.41) is 3.38. The van der Waals surface area contributed by atoms with Crippen molar-refractivity contribution in [3.63, 3.8) is 0 Å². The Morgan fingerprint density at radius 3 is 2.82 bits per heavy atom. The van der Waals surface area contributed by atoms with Crippen LogP contribution in [0.1, 0.15) is 26.2 Å². The van der Waals surface area contributed by atoms with Crippen LogP contribution in [0.3, 0.4) is 0 Å². The van der Waals surface area contributed by atoms with Crippen molar-refractivity contribution in [1.82, 2.24) is 5.32 Å². The van der Waals surface area contributed by atoms with Crippen molar-refractivity contribution < 1.29 is 4.74 Å². The molecule has 1 aliphatic carbocycles. The lowest BCUT2D eigenvalue weighted by atomic mass is 10.3. The monoisotopic (exact) mass is 157 g/mol. The molecule has 0 amide bonds. The van der Waals surface area contributed by atoms with Crippen LogP contribution >= 0.6 is 0 Å². The first-order valence-corrected chi connectivity index (χ1v) is 4.56. The fourth-order valence-corrected chi connectivity index (χ4v) is 1.10. The van der Waals surface area contributed by atoms with E-state index in [4.69, 9.17) is 4.74 Å². The molecular weight excluding hydrogens is 138 g/mol. The maximum absolute atomic E-state index is 5.11. The second-order valence-corrected chi connectivity index (χ2v) is 3.48. The number of methoxy groups -OCH3 is 1. The molecule has 0 radical (unpaired) electrons. The van der Waals surface area contributed by atoms with Crippen LogP contribution in [0.25, 0.3) is 0 Å². The largest absolute Gasteiger partial charge is 0.380 e. The van der Waals surface area contributed by atoms with E-state index in [2.05, 4.69) is 12.2 Å². The van der Waals surface area contributed by atoms with Gasteiger partial charge in [-0.15, -0.1) is 0 Å². The molecule has 1 N–H and O–H groups in total. The topological polar surface area (TPSA) is 21.3 Å². The Hall–Kier alpha value is -0.0800. The highest BCUT2D eigenvalue weighted by molar-refractivity contribution is 4.73. The number of rotatable bonds is 6. The summed E-state index contributed by atoms with van der Waals surface area (Å²) in [6, 6.07) is 0. The normalized spacial score (nSPS) is 20.2. The molecule has 66 valence electrons. The van der Waals surface area contributed by atoms with Crippen molar-refractivity contribution >= 4 is 0 Å². The van der Waals surface area contributed by atoms with Crippen LogP contribution in [0.2, 0.25) is 0 Å². The molecule has 0 unspecified atom stereocenters. The Balaban J connectivity index is 1.79. The second kappa shape index (κ2) is 4.73. The maximum atomic E-state index is 5.11. The van der Waals surface area contributed by atoms with E-state index in [-0.39, 0.29) is 0 Å². The third-order valence-corrected chi connectivity index (χ3v) is 2.26. The molecule has 0 aromatic heterocycles. The fourth-order valence-electron chi connectivity index (χ4n) is 1.10. The number of hydrogen-bond acceptors (Lipinski definition) is 2. The summed E-state index contributed by atoms with van der Waals surface area (Å²) in [5.74, 6) is 1.04. The van der Waals surface area contributed by atoms with Gasteiger partial charge in [0.25, 0.3) is 0 Å². The van der Waals surface area contributed by atoms with Gasteiger partial charge in [-0.3, -0.25) is 0 Å². The minimum Gasteiger partial charge on any atom is -0.380 e. The smallest absolute Gasteiger partial charge is 0.0667 e. The van der Waals surface area contributed by atoms with E-state index in [1.165, 1.54) is 25.8 Å². The zero-order chi connectivity index (χ0) is 8.10. The number of nitrogens with one attached hydrogen (secondary N) is 1. The molecular formula is C9H19NO. The van der Waals surface area contributed by atoms with Crippen LogP contribution in [0.4, 0.5) is 0 Å². The molecule has 0 heterocycles. The SMILES string of the molecule is CO[C@H](C)CNCCC1CC1. The summed E-state index contributed by atoms with van der Waals surface area (Å²) in [4.78, 5) is 0. The van der Waals surface area contributed by atoms with Gasteiger partial charge in [0, 0.05) is 13.7 Å². The van der Waals surface area contributed by atoms with Gasteiger partial charge in [0.05, 0.1) is 6.10 Å². The Morgan fingerprint density at radius 1 is 1.55 bits per heavy atom. The average Bonchev–Trinajstić information content (AvgIpc) is 2.81. The van der Waals surface area contributed by atoms with E-state index >= 15 is 0 Å². The van der Waals surface area contributed by atoms with Crippen molar-refractivity contribution in [1.29, 1.82) is 0 Å². The Kier molecular flexibility index (Phi) is 3.87. The molecule has 1 atom stereocenters. The summed E-state index contributed by atoms with van der Waals surface area (Å²) in [6.07, 6.45) is 4.63. The average molecular weight is 157 g/mol. The van der Waals surface area contributed by atoms with Crippen molar-refractivity contribution in [2.45, 2.75) is 32.3 Å². The van der Waals surface area contributed by atoms with E-state index in [0.29, 0.717) is 6.10 Å². The lowest BCUT2D eigenvalue weighted by Crippen LogP contribution is -2.26. The highest BCUT2D eigenvalue weighted by atomic mass is 16.5. The Bertz CT molecular complexity index is 102. The maximum Gasteiger partial charge on any atom is 0.0667 e. The molecule has 0 aliphatic heterocycles. The van der Waals surface area contributed by atoms with Gasteiger partial charge in [0.15, 0.2) is 0 Å². The molecule has 0 aromatic rings. The van der Waals surface area contributed by atoms with E-state index in [1.807, 2.05) is 0 Å². The molecule has 0 saturated heterocycles. The minimum absolute atomic E-state index is 0.356. The first kappa shape index (κ1) is 9.01. The van der Waals surface area contributed by atoms with E-state index in [9.17, 15) is 0 Å². The summed E-state index contributed by atoms with van der Waals surface area (Å²) in [7, 11) is 1.76. The molecule has 1 saturated carbocycles. The molecule has 2 heteroatoms. The fraction of sp³-hybridized carbons (Fsp3) is 1.00. The second-order valence-electron chi connectivity index (χ2n) is 3.48. The third kappa shape index (κ3) is 4.38. The van der Waals surface area contributed by atoms with Crippen molar-refractivity contribution in [2.75, 3.05) is 20.2 Å². The zero-order valence-electron chi connectivity index (χ0n) is 7.60. The molecule has 2 nitrogen and oxygen atoms in total. The summed E-state index contributed by atoms with van der Waals surface area (Å²) >= 11 is 0. The van der Waals surface area contributed by atoms with E-state index in [1.54, 1.807) is 7.11 Å². The number of ether oxygens (including phenoxy) is 1. The van der Waals surface area contributed by atoms with Gasteiger partial charge in [-0.1, -0.05) is 12.8 Å². The van der Waals surface area contributed by atoms with Gasteiger partial charge in [-0.25, -0.2) is 0 Å². The van der Waals surface area contributed by atoms with Crippen LogP contribution < -0.4 is 5.32 Å². The number of hydrogen-bond donors (Lipinski definition) is 1. The van der Waals surface area contributed by atoms with E-state index < -0.39 is 0 Å². The van der Waals surface area contributed by atoms with Crippen molar-refractivity contribution in [3.8, 4) is 0 Å². The molecule has 0 aromatic carbocycles. The molecule has 0 spiro atoms. The third-order valence-electron chi connectivity index (χ3n) is 2.26. The van der Waals surface area contributed by atoms with Gasteiger partial charge in [-0.2, -0.15) is 0 Å². The Labute approximate surface area is 69.3 Å². The van der Waals surface area contributed by atoms with Crippen LogP contribution in [0.15, 0.2) is 0 Å². The molecule has 1 rings (SSSR count). The summed E-state index contributed by atoms with van der Waals surface area (Å²) in [6.45, 7) is 4.24. The van der Waals surface area contributed by atoms with Gasteiger partial charge in [0.1, 0.15) is 0 Å². The standard InChI is InChI=1S/C9H19NO/c1-8(11-2)7-10-6-5-9-3-4-9/h8-10H,3-7H2,1-2H3/t8-/m1/s1. The van der Waals surface area contributed by atoms with Crippen LogP contribution in [0, 0.1) is 5.92 Å². The lowest BCUT2D eigenvalue weighted by molar-refractivity contribution is 0.117. The molecule has 1 aliphatic rings. The summed E-state index contributed by atoms with van der Waals surface area (Å²) in [5.41, 5.74) is 0.